The van der Waals surface area contributed by atoms with Crippen LogP contribution in [0.2, 0.25) is 0 Å². The summed E-state index contributed by atoms with van der Waals surface area (Å²) >= 11 is 0. The van der Waals surface area contributed by atoms with Crippen LogP contribution in [0.15, 0.2) is 60.9 Å². The van der Waals surface area contributed by atoms with Crippen molar-refractivity contribution in [2.24, 2.45) is 0 Å². The molecule has 0 saturated heterocycles. The van der Waals surface area contributed by atoms with Crippen LogP contribution in [0.25, 0.3) is 22.0 Å². The number of hydrogen-bond acceptors (Lipinski definition) is 6. The van der Waals surface area contributed by atoms with E-state index >= 15 is 0 Å². The Balaban J connectivity index is 1.77. The molecule has 0 aliphatic heterocycles. The molecule has 7 heteroatoms. The van der Waals surface area contributed by atoms with Gasteiger partial charge in [-0.15, -0.1) is 0 Å². The number of aryl methyl sites for hydroxylation is 1. The molecular weight excluding hydrogens is 381 g/mol. The monoisotopic (exact) mass is 403 g/mol. The molecule has 2 aromatic heterocycles. The molecule has 0 aliphatic carbocycles. The van der Waals surface area contributed by atoms with Crippen LogP contribution in [0.1, 0.15) is 12.0 Å². The number of aromatic nitrogens is 3. The molecule has 0 radical (unpaired) electrons. The quantitative estimate of drug-likeness (QED) is 0.415. The average molecular weight is 403 g/mol. The van der Waals surface area contributed by atoms with Crippen molar-refractivity contribution in [3.8, 4) is 22.9 Å². The summed E-state index contributed by atoms with van der Waals surface area (Å²) in [4.78, 5) is 12.7. The van der Waals surface area contributed by atoms with Crippen molar-refractivity contribution >= 4 is 22.4 Å². The molecular formula is C23H22FN5O. The topological polar surface area (TPSA) is 86.0 Å². The van der Waals surface area contributed by atoms with E-state index in [4.69, 9.17) is 10.5 Å². The van der Waals surface area contributed by atoms with Gasteiger partial charge in [-0.25, -0.2) is 15.0 Å². The summed E-state index contributed by atoms with van der Waals surface area (Å²) in [5, 5.41) is 5.24. The lowest BCUT2D eigenvalue weighted by Gasteiger charge is -2.16. The van der Waals surface area contributed by atoms with Gasteiger partial charge in [-0.2, -0.15) is 0 Å². The highest BCUT2D eigenvalue weighted by Crippen LogP contribution is 2.38. The maximum atomic E-state index is 12.5. The zero-order chi connectivity index (χ0) is 20.9. The largest absolute Gasteiger partial charge is 0.437 e. The standard InChI is InChI=1S/C23H22FN5O/c1-15-8-9-16-17(5-2-7-19(16)26-13-4-11-24)21(15)30-22-18(6-3-12-27-22)20-10-14-28-23(25)29-20/h2-3,5-10,12,14,26H,4,11,13H2,1H3,(H2,25,28,29). The van der Waals surface area contributed by atoms with E-state index in [1.54, 1.807) is 18.5 Å². The molecule has 0 spiro atoms. The van der Waals surface area contributed by atoms with Crippen molar-refractivity contribution in [3.05, 3.63) is 66.5 Å². The summed E-state index contributed by atoms with van der Waals surface area (Å²) in [5.74, 6) is 1.33. The normalized spacial score (nSPS) is 10.9. The summed E-state index contributed by atoms with van der Waals surface area (Å²) in [6.07, 6.45) is 3.74. The molecule has 0 amide bonds. The summed E-state index contributed by atoms with van der Waals surface area (Å²) < 4.78 is 18.8. The molecule has 2 aromatic carbocycles. The van der Waals surface area contributed by atoms with Crippen molar-refractivity contribution in [2.45, 2.75) is 13.3 Å². The second kappa shape index (κ2) is 8.73. The molecule has 2 heterocycles. The van der Waals surface area contributed by atoms with Gasteiger partial charge in [0.05, 0.1) is 17.9 Å². The summed E-state index contributed by atoms with van der Waals surface area (Å²) in [7, 11) is 0. The highest BCUT2D eigenvalue weighted by molar-refractivity contribution is 5.98. The number of rotatable bonds is 7. The Morgan fingerprint density at radius 1 is 1.00 bits per heavy atom. The second-order valence-electron chi connectivity index (χ2n) is 6.84. The number of nitrogens with zero attached hydrogens (tertiary/aromatic N) is 3. The van der Waals surface area contributed by atoms with Gasteiger partial charge in [0, 0.05) is 35.4 Å². The van der Waals surface area contributed by atoms with Gasteiger partial charge in [0.25, 0.3) is 0 Å². The van der Waals surface area contributed by atoms with Crippen LogP contribution in [0.4, 0.5) is 16.0 Å². The number of benzene rings is 2. The minimum Gasteiger partial charge on any atom is -0.437 e. The number of hydrogen-bond donors (Lipinski definition) is 2. The van der Waals surface area contributed by atoms with Crippen LogP contribution in [0, 0.1) is 6.92 Å². The first-order chi connectivity index (χ1) is 14.7. The fourth-order valence-corrected chi connectivity index (χ4v) is 3.31. The van der Waals surface area contributed by atoms with E-state index in [1.165, 1.54) is 0 Å². The number of alkyl halides is 1. The molecule has 0 fully saturated rings. The first-order valence-corrected chi connectivity index (χ1v) is 9.71. The van der Waals surface area contributed by atoms with Crippen LogP contribution in [0.3, 0.4) is 0 Å². The summed E-state index contributed by atoms with van der Waals surface area (Å²) in [6.45, 7) is 2.21. The fraction of sp³-hybridized carbons (Fsp3) is 0.174. The number of pyridine rings is 1. The van der Waals surface area contributed by atoms with Gasteiger partial charge in [0.2, 0.25) is 11.8 Å². The molecule has 0 atom stereocenters. The minimum absolute atomic E-state index is 0.188. The van der Waals surface area contributed by atoms with E-state index in [0.29, 0.717) is 30.3 Å². The highest BCUT2D eigenvalue weighted by Gasteiger charge is 2.15. The Bertz CT molecular complexity index is 1180. The van der Waals surface area contributed by atoms with Gasteiger partial charge in [-0.05, 0) is 43.2 Å². The van der Waals surface area contributed by atoms with Crippen molar-refractivity contribution in [1.29, 1.82) is 0 Å². The van der Waals surface area contributed by atoms with Gasteiger partial charge in [-0.1, -0.05) is 24.3 Å². The third-order valence-electron chi connectivity index (χ3n) is 4.75. The van der Waals surface area contributed by atoms with E-state index < -0.39 is 0 Å². The number of fused-ring (bicyclic) bond motifs is 1. The molecule has 6 nitrogen and oxygen atoms in total. The lowest BCUT2D eigenvalue weighted by Crippen LogP contribution is -2.03. The van der Waals surface area contributed by atoms with E-state index in [2.05, 4.69) is 20.3 Å². The van der Waals surface area contributed by atoms with Crippen LogP contribution in [-0.4, -0.2) is 28.2 Å². The molecule has 4 aromatic rings. The van der Waals surface area contributed by atoms with E-state index in [-0.39, 0.29) is 12.6 Å². The average Bonchev–Trinajstić information content (AvgIpc) is 2.76. The zero-order valence-electron chi connectivity index (χ0n) is 16.6. The van der Waals surface area contributed by atoms with Crippen LogP contribution in [0.5, 0.6) is 11.6 Å². The Labute approximate surface area is 174 Å². The molecule has 0 unspecified atom stereocenters. The van der Waals surface area contributed by atoms with Gasteiger partial charge >= 0.3 is 0 Å². The third-order valence-corrected chi connectivity index (χ3v) is 4.75. The number of nitrogen functional groups attached to an aromatic ring is 1. The number of anilines is 2. The molecule has 0 bridgehead atoms. The molecule has 0 aliphatic rings. The molecule has 30 heavy (non-hydrogen) atoms. The smallest absolute Gasteiger partial charge is 0.228 e. The lowest BCUT2D eigenvalue weighted by atomic mass is 10.0. The predicted octanol–water partition coefficient (Wildman–Crippen LogP) is 5.15. The van der Waals surface area contributed by atoms with Crippen LogP contribution >= 0.6 is 0 Å². The summed E-state index contributed by atoms with van der Waals surface area (Å²) in [6, 6.07) is 15.5. The molecule has 0 saturated carbocycles. The number of ether oxygens (including phenoxy) is 1. The van der Waals surface area contributed by atoms with Crippen molar-refractivity contribution in [1.82, 2.24) is 15.0 Å². The number of nitrogens with one attached hydrogen (secondary N) is 1. The lowest BCUT2D eigenvalue weighted by molar-refractivity contribution is 0.466. The van der Waals surface area contributed by atoms with Crippen molar-refractivity contribution in [3.63, 3.8) is 0 Å². The fourth-order valence-electron chi connectivity index (χ4n) is 3.31. The third kappa shape index (κ3) is 4.00. The van der Waals surface area contributed by atoms with Gasteiger partial charge in [-0.3, -0.25) is 4.39 Å². The highest BCUT2D eigenvalue weighted by atomic mass is 19.1. The Morgan fingerprint density at radius 3 is 2.73 bits per heavy atom. The maximum Gasteiger partial charge on any atom is 0.228 e. The number of nitrogens with two attached hydrogens (primary N) is 1. The van der Waals surface area contributed by atoms with Crippen molar-refractivity contribution < 1.29 is 9.13 Å². The Kier molecular flexibility index (Phi) is 5.70. The first-order valence-electron chi connectivity index (χ1n) is 9.71. The minimum atomic E-state index is -0.346. The van der Waals surface area contributed by atoms with Crippen molar-refractivity contribution in [2.75, 3.05) is 24.3 Å². The molecule has 4 rings (SSSR count). The molecule has 152 valence electrons. The second-order valence-corrected chi connectivity index (χ2v) is 6.84. The Morgan fingerprint density at radius 2 is 1.90 bits per heavy atom. The SMILES string of the molecule is Cc1ccc2c(NCCCF)cccc2c1Oc1ncccc1-c1ccnc(N)n1. The van der Waals surface area contributed by atoms with Crippen LogP contribution < -0.4 is 15.8 Å². The van der Waals surface area contributed by atoms with Gasteiger partial charge < -0.3 is 15.8 Å². The zero-order valence-corrected chi connectivity index (χ0v) is 16.6. The van der Waals surface area contributed by atoms with E-state index in [0.717, 1.165) is 27.6 Å². The van der Waals surface area contributed by atoms with E-state index in [1.807, 2.05) is 49.4 Å². The van der Waals surface area contributed by atoms with Crippen LogP contribution in [-0.2, 0) is 0 Å². The maximum absolute atomic E-state index is 12.5. The van der Waals surface area contributed by atoms with Gasteiger partial charge in [0.15, 0.2) is 0 Å². The first kappa shape index (κ1) is 19.6. The van der Waals surface area contributed by atoms with E-state index in [9.17, 15) is 4.39 Å². The predicted molar refractivity (Wildman–Crippen MR) is 118 cm³/mol. The Hall–Kier alpha value is -3.74. The summed E-state index contributed by atoms with van der Waals surface area (Å²) in [5.41, 5.74) is 9.02. The molecule has 3 N–H and O–H groups in total. The van der Waals surface area contributed by atoms with Gasteiger partial charge in [0.1, 0.15) is 5.75 Å². The number of halogens is 1.